The van der Waals surface area contributed by atoms with Crippen LogP contribution in [-0.2, 0) is 0 Å². The molecule has 0 radical (unpaired) electrons. The van der Waals surface area contributed by atoms with Gasteiger partial charge >= 0.3 is 0 Å². The van der Waals surface area contributed by atoms with Gasteiger partial charge in [-0.25, -0.2) is 4.99 Å². The minimum Gasteiger partial charge on any atom is -0.360 e. The van der Waals surface area contributed by atoms with Gasteiger partial charge in [-0.15, -0.1) is 0 Å². The van der Waals surface area contributed by atoms with Gasteiger partial charge in [0.25, 0.3) is 0 Å². The first-order valence-corrected chi connectivity index (χ1v) is 9.84. The summed E-state index contributed by atoms with van der Waals surface area (Å²) in [5, 5.41) is 0. The lowest BCUT2D eigenvalue weighted by Gasteiger charge is -2.28. The molecule has 0 fully saturated rings. The van der Waals surface area contributed by atoms with Crippen molar-refractivity contribution in [2.75, 3.05) is 26.2 Å². The van der Waals surface area contributed by atoms with E-state index in [2.05, 4.69) is 51.0 Å². The molecule has 3 heteroatoms. The molecule has 0 bridgehead atoms. The summed E-state index contributed by atoms with van der Waals surface area (Å²) < 4.78 is 0. The molecular weight excluding hydrogens is 282 g/mol. The number of unbranched alkanes of at least 4 members (excludes halogenated alkanes) is 4. The lowest BCUT2D eigenvalue weighted by molar-refractivity contribution is 0.326. The van der Waals surface area contributed by atoms with E-state index in [1.165, 1.54) is 51.4 Å². The molecule has 0 unspecified atom stereocenters. The molecule has 0 aromatic carbocycles. The summed E-state index contributed by atoms with van der Waals surface area (Å²) >= 11 is 0. The molecule has 23 heavy (non-hydrogen) atoms. The van der Waals surface area contributed by atoms with Crippen LogP contribution in [0.15, 0.2) is 17.4 Å². The van der Waals surface area contributed by atoms with Crippen molar-refractivity contribution < 1.29 is 0 Å². The lowest BCUT2D eigenvalue weighted by atomic mass is 10.2. The maximum Gasteiger partial charge on any atom is 0.123 e. The van der Waals surface area contributed by atoms with Crippen molar-refractivity contribution in [3.05, 3.63) is 12.4 Å². The Labute approximate surface area is 145 Å². The fourth-order valence-electron chi connectivity index (χ4n) is 2.53. The highest BCUT2D eigenvalue weighted by Gasteiger charge is 2.10. The van der Waals surface area contributed by atoms with Gasteiger partial charge < -0.3 is 9.80 Å². The summed E-state index contributed by atoms with van der Waals surface area (Å²) in [6, 6.07) is 0. The molecule has 0 amide bonds. The Morgan fingerprint density at radius 2 is 1.04 bits per heavy atom. The van der Waals surface area contributed by atoms with Gasteiger partial charge in [0.1, 0.15) is 11.7 Å². The van der Waals surface area contributed by atoms with Crippen molar-refractivity contribution in [2.45, 2.75) is 86.0 Å². The van der Waals surface area contributed by atoms with Crippen molar-refractivity contribution in [3.63, 3.8) is 0 Å². The Morgan fingerprint density at radius 3 is 1.39 bits per heavy atom. The Balaban J connectivity index is 4.81. The largest absolute Gasteiger partial charge is 0.360 e. The van der Waals surface area contributed by atoms with Crippen LogP contribution in [0.3, 0.4) is 0 Å². The molecule has 0 aliphatic carbocycles. The average molecular weight is 324 g/mol. The van der Waals surface area contributed by atoms with Crippen LogP contribution in [0.2, 0.25) is 0 Å². The predicted octanol–water partition coefficient (Wildman–Crippen LogP) is 5.68. The molecule has 0 N–H and O–H groups in total. The minimum atomic E-state index is 0.947. The summed E-state index contributed by atoms with van der Waals surface area (Å²) in [5.41, 5.74) is 0. The second-order valence-electron chi connectivity index (χ2n) is 6.46. The van der Waals surface area contributed by atoms with E-state index in [4.69, 9.17) is 4.99 Å². The maximum absolute atomic E-state index is 4.86. The van der Waals surface area contributed by atoms with E-state index in [1.54, 1.807) is 0 Å². The lowest BCUT2D eigenvalue weighted by Crippen LogP contribution is -2.32. The zero-order chi connectivity index (χ0) is 17.5. The van der Waals surface area contributed by atoms with Gasteiger partial charge in [-0.05, 0) is 32.6 Å². The molecule has 0 spiro atoms. The quantitative estimate of drug-likeness (QED) is 0.302. The summed E-state index contributed by atoms with van der Waals surface area (Å²) in [4.78, 5) is 9.67. The third kappa shape index (κ3) is 10.4. The van der Waals surface area contributed by atoms with Gasteiger partial charge in [0.2, 0.25) is 0 Å². The number of rotatable bonds is 14. The molecule has 0 atom stereocenters. The molecule has 0 rings (SSSR count). The van der Waals surface area contributed by atoms with Crippen LogP contribution in [0.4, 0.5) is 0 Å². The number of hydrogen-bond acceptors (Lipinski definition) is 2. The van der Waals surface area contributed by atoms with Crippen LogP contribution in [0, 0.1) is 0 Å². The number of nitrogens with zero attached hydrogens (tertiary/aromatic N) is 3. The summed E-state index contributed by atoms with van der Waals surface area (Å²) in [5.74, 6) is 2.08. The van der Waals surface area contributed by atoms with Gasteiger partial charge in [-0.3, -0.25) is 0 Å². The number of hydrogen-bond donors (Lipinski definition) is 0. The van der Waals surface area contributed by atoms with Gasteiger partial charge in [-0.1, -0.05) is 60.0 Å². The molecular formula is C20H41N3. The normalized spacial score (nSPS) is 11.6. The van der Waals surface area contributed by atoms with Crippen molar-refractivity contribution in [1.29, 1.82) is 0 Å². The van der Waals surface area contributed by atoms with Crippen LogP contribution >= 0.6 is 0 Å². The number of amidine groups is 1. The summed E-state index contributed by atoms with van der Waals surface area (Å²) in [6.45, 7) is 19.8. The predicted molar refractivity (Wildman–Crippen MR) is 105 cm³/mol. The number of aliphatic imine (C=N–C) groups is 1. The Bertz CT molecular complexity index is 307. The van der Waals surface area contributed by atoms with Crippen molar-refractivity contribution in [3.8, 4) is 0 Å². The minimum absolute atomic E-state index is 0.947. The zero-order valence-electron chi connectivity index (χ0n) is 16.5. The zero-order valence-corrected chi connectivity index (χ0v) is 16.5. The molecule has 0 heterocycles. The molecule has 0 saturated carbocycles. The van der Waals surface area contributed by atoms with E-state index in [1.807, 2.05) is 0 Å². The molecule has 0 aromatic heterocycles. The van der Waals surface area contributed by atoms with Gasteiger partial charge in [0.05, 0.1) is 0 Å². The second kappa shape index (κ2) is 14.6. The van der Waals surface area contributed by atoms with Gasteiger partial charge in [0, 0.05) is 26.2 Å². The molecule has 3 nitrogen and oxygen atoms in total. The van der Waals surface area contributed by atoms with E-state index in [-0.39, 0.29) is 0 Å². The molecule has 0 aromatic rings. The first-order valence-electron chi connectivity index (χ1n) is 9.84. The molecule has 136 valence electrons. The third-order valence-corrected chi connectivity index (χ3v) is 4.24. The first kappa shape index (κ1) is 22.0. The fraction of sp³-hybridized carbons (Fsp3) is 0.850. The van der Waals surface area contributed by atoms with Crippen molar-refractivity contribution >= 4 is 5.84 Å². The van der Waals surface area contributed by atoms with Crippen molar-refractivity contribution in [1.82, 2.24) is 9.80 Å². The van der Waals surface area contributed by atoms with Crippen LogP contribution in [-0.4, -0.2) is 41.8 Å². The highest BCUT2D eigenvalue weighted by Crippen LogP contribution is 2.10. The summed E-state index contributed by atoms with van der Waals surface area (Å²) in [6.07, 6.45) is 9.80. The fourth-order valence-corrected chi connectivity index (χ4v) is 2.53. The van der Waals surface area contributed by atoms with Gasteiger partial charge in [-0.2, -0.15) is 0 Å². The van der Waals surface area contributed by atoms with E-state index in [0.29, 0.717) is 0 Å². The molecule has 0 saturated heterocycles. The summed E-state index contributed by atoms with van der Waals surface area (Å²) in [7, 11) is 0. The Hall–Kier alpha value is -0.990. The van der Waals surface area contributed by atoms with E-state index < -0.39 is 0 Å². The maximum atomic E-state index is 4.86. The van der Waals surface area contributed by atoms with Crippen LogP contribution in [0.5, 0.6) is 0 Å². The van der Waals surface area contributed by atoms with Gasteiger partial charge in [0.15, 0.2) is 0 Å². The van der Waals surface area contributed by atoms with Crippen molar-refractivity contribution in [2.24, 2.45) is 4.99 Å². The smallest absolute Gasteiger partial charge is 0.123 e. The SMILES string of the molecule is C=C(/N=C(\C)N(CCCC)CCCC)N(CCCC)CCCC. The first-order chi connectivity index (χ1) is 11.1. The van der Waals surface area contributed by atoms with Crippen LogP contribution in [0.25, 0.3) is 0 Å². The van der Waals surface area contributed by atoms with E-state index in [0.717, 1.165) is 37.8 Å². The topological polar surface area (TPSA) is 18.8 Å². The van der Waals surface area contributed by atoms with Crippen LogP contribution in [0.1, 0.15) is 86.0 Å². The highest BCUT2D eigenvalue weighted by molar-refractivity contribution is 5.80. The van der Waals surface area contributed by atoms with Crippen LogP contribution < -0.4 is 0 Å². The molecule has 0 aliphatic heterocycles. The highest BCUT2D eigenvalue weighted by atomic mass is 15.3. The Kier molecular flexibility index (Phi) is 14.0. The second-order valence-corrected chi connectivity index (χ2v) is 6.46. The monoisotopic (exact) mass is 323 g/mol. The standard InChI is InChI=1S/C20H41N3/c1-7-11-15-22(16-12-8-2)19(5)21-20(6)23(17-13-9-3)18-14-10-4/h5,7-18H2,1-4,6H3/b21-20+. The average Bonchev–Trinajstić information content (AvgIpc) is 2.54. The van der Waals surface area contributed by atoms with E-state index >= 15 is 0 Å². The third-order valence-electron chi connectivity index (χ3n) is 4.24. The molecule has 0 aliphatic rings. The Morgan fingerprint density at radius 1 is 0.696 bits per heavy atom. The van der Waals surface area contributed by atoms with E-state index in [9.17, 15) is 0 Å².